The van der Waals surface area contributed by atoms with E-state index in [0.717, 1.165) is 39.0 Å². The molecule has 132 valence electrons. The van der Waals surface area contributed by atoms with Gasteiger partial charge in [-0.3, -0.25) is 9.48 Å². The van der Waals surface area contributed by atoms with Gasteiger partial charge in [0.15, 0.2) is 0 Å². The van der Waals surface area contributed by atoms with Crippen LogP contribution >= 0.6 is 0 Å². The van der Waals surface area contributed by atoms with Crippen LogP contribution in [0.1, 0.15) is 57.8 Å². The molecule has 0 atom stereocenters. The normalized spacial score (nSPS) is 26.4. The molecule has 0 radical (unpaired) electrons. The lowest BCUT2D eigenvalue weighted by Gasteiger charge is -2.48. The van der Waals surface area contributed by atoms with Gasteiger partial charge in [-0.2, -0.15) is 5.10 Å². The second-order valence-electron chi connectivity index (χ2n) is 8.12. The van der Waals surface area contributed by atoms with Crippen LogP contribution in [-0.2, 0) is 10.3 Å². The van der Waals surface area contributed by atoms with Gasteiger partial charge in [0.25, 0.3) is 5.91 Å². The zero-order valence-electron chi connectivity index (χ0n) is 14.7. The molecule has 3 heterocycles. The monoisotopic (exact) mass is 330 g/mol. The van der Waals surface area contributed by atoms with Gasteiger partial charge in [0, 0.05) is 25.5 Å². The number of nitrogens with zero attached hydrogens (tertiary/aromatic N) is 3. The Morgan fingerprint density at radius 2 is 1.75 bits per heavy atom. The summed E-state index contributed by atoms with van der Waals surface area (Å²) in [6.45, 7) is 3.69. The fraction of sp³-hybridized carbons (Fsp3) is 0.789. The molecule has 5 nitrogen and oxygen atoms in total. The van der Waals surface area contributed by atoms with Crippen molar-refractivity contribution in [3.8, 4) is 0 Å². The fourth-order valence-corrected chi connectivity index (χ4v) is 5.29. The van der Waals surface area contributed by atoms with Crippen LogP contribution in [0.15, 0.2) is 18.5 Å². The number of carbonyl (C=O) groups excluding carboxylic acids is 1. The average Bonchev–Trinajstić information content (AvgIpc) is 3.18. The molecule has 1 spiro atoms. The van der Waals surface area contributed by atoms with Crippen LogP contribution < -0.4 is 5.32 Å². The Morgan fingerprint density at radius 3 is 2.46 bits per heavy atom. The van der Waals surface area contributed by atoms with Crippen LogP contribution in [0.4, 0.5) is 0 Å². The molecule has 2 saturated heterocycles. The van der Waals surface area contributed by atoms with Crippen molar-refractivity contribution in [2.75, 3.05) is 26.2 Å². The van der Waals surface area contributed by atoms with Crippen molar-refractivity contribution in [2.45, 2.75) is 63.3 Å². The Hall–Kier alpha value is -1.36. The molecule has 5 heteroatoms. The average molecular weight is 330 g/mol. The fourth-order valence-electron chi connectivity index (χ4n) is 5.29. The SMILES string of the molecule is O=C(N1CCCC2(CCCCC2)C1)C1(n2cccn2)CCNCC1. The number of likely N-dealkylation sites (tertiary alicyclic amines) is 1. The van der Waals surface area contributed by atoms with Crippen molar-refractivity contribution in [3.63, 3.8) is 0 Å². The summed E-state index contributed by atoms with van der Waals surface area (Å²) in [4.78, 5) is 15.8. The molecule has 1 amide bonds. The second-order valence-corrected chi connectivity index (χ2v) is 8.12. The van der Waals surface area contributed by atoms with Crippen LogP contribution in [0, 0.1) is 5.41 Å². The highest BCUT2D eigenvalue weighted by atomic mass is 16.2. The van der Waals surface area contributed by atoms with Crippen molar-refractivity contribution in [1.29, 1.82) is 0 Å². The Bertz CT molecular complexity index is 550. The molecule has 0 bridgehead atoms. The Balaban J connectivity index is 1.58. The summed E-state index contributed by atoms with van der Waals surface area (Å²) in [5.74, 6) is 0.317. The van der Waals surface area contributed by atoms with Gasteiger partial charge in [0.2, 0.25) is 0 Å². The molecule has 0 unspecified atom stereocenters. The van der Waals surface area contributed by atoms with Crippen molar-refractivity contribution in [3.05, 3.63) is 18.5 Å². The van der Waals surface area contributed by atoms with E-state index in [1.165, 1.54) is 44.9 Å². The van der Waals surface area contributed by atoms with E-state index >= 15 is 0 Å². The van der Waals surface area contributed by atoms with E-state index in [1.54, 1.807) is 6.20 Å². The van der Waals surface area contributed by atoms with Crippen LogP contribution in [0.2, 0.25) is 0 Å². The summed E-state index contributed by atoms with van der Waals surface area (Å²) in [5.41, 5.74) is -0.0632. The summed E-state index contributed by atoms with van der Waals surface area (Å²) in [5, 5.41) is 7.88. The largest absolute Gasteiger partial charge is 0.340 e. The van der Waals surface area contributed by atoms with Gasteiger partial charge in [-0.25, -0.2) is 0 Å². The van der Waals surface area contributed by atoms with Gasteiger partial charge in [0.1, 0.15) is 5.54 Å². The number of nitrogens with one attached hydrogen (secondary N) is 1. The molecule has 3 fully saturated rings. The molecule has 1 N–H and O–H groups in total. The van der Waals surface area contributed by atoms with E-state index in [9.17, 15) is 4.79 Å². The zero-order valence-corrected chi connectivity index (χ0v) is 14.7. The molecule has 1 aromatic rings. The molecule has 4 rings (SSSR count). The number of rotatable bonds is 2. The predicted molar refractivity (Wildman–Crippen MR) is 93.6 cm³/mol. The summed E-state index contributed by atoms with van der Waals surface area (Å²) in [6.07, 6.45) is 14.6. The number of hydrogen-bond acceptors (Lipinski definition) is 3. The maximum atomic E-state index is 13.6. The van der Waals surface area contributed by atoms with Gasteiger partial charge in [0.05, 0.1) is 0 Å². The summed E-state index contributed by atoms with van der Waals surface area (Å²) < 4.78 is 1.94. The maximum Gasteiger partial charge on any atom is 0.250 e. The van der Waals surface area contributed by atoms with Gasteiger partial charge in [-0.15, -0.1) is 0 Å². The zero-order chi connectivity index (χ0) is 16.5. The van der Waals surface area contributed by atoms with Gasteiger partial charge >= 0.3 is 0 Å². The summed E-state index contributed by atoms with van der Waals surface area (Å²) in [7, 11) is 0. The van der Waals surface area contributed by atoms with Crippen molar-refractivity contribution in [2.24, 2.45) is 5.41 Å². The Labute approximate surface area is 144 Å². The predicted octanol–water partition coefficient (Wildman–Crippen LogP) is 2.53. The first-order chi connectivity index (χ1) is 11.7. The van der Waals surface area contributed by atoms with E-state index in [1.807, 2.05) is 16.9 Å². The number of amides is 1. The third-order valence-corrected chi connectivity index (χ3v) is 6.63. The molecule has 2 aliphatic heterocycles. The van der Waals surface area contributed by atoms with Crippen LogP contribution in [-0.4, -0.2) is 46.8 Å². The van der Waals surface area contributed by atoms with Crippen LogP contribution in [0.5, 0.6) is 0 Å². The topological polar surface area (TPSA) is 50.2 Å². The first-order valence-electron chi connectivity index (χ1n) is 9.75. The van der Waals surface area contributed by atoms with Gasteiger partial charge in [-0.1, -0.05) is 19.3 Å². The minimum absolute atomic E-state index is 0.317. The highest BCUT2D eigenvalue weighted by Crippen LogP contribution is 2.44. The van der Waals surface area contributed by atoms with Crippen molar-refractivity contribution < 1.29 is 4.79 Å². The lowest BCUT2D eigenvalue weighted by Crippen LogP contribution is -2.58. The quantitative estimate of drug-likeness (QED) is 0.906. The molecule has 1 saturated carbocycles. The first-order valence-corrected chi connectivity index (χ1v) is 9.75. The van der Waals surface area contributed by atoms with E-state index in [2.05, 4.69) is 15.3 Å². The summed E-state index contributed by atoms with van der Waals surface area (Å²) >= 11 is 0. The van der Waals surface area contributed by atoms with Gasteiger partial charge < -0.3 is 10.2 Å². The minimum Gasteiger partial charge on any atom is -0.340 e. The third-order valence-electron chi connectivity index (χ3n) is 6.63. The third kappa shape index (κ3) is 2.77. The Morgan fingerprint density at radius 1 is 1.00 bits per heavy atom. The lowest BCUT2D eigenvalue weighted by molar-refractivity contribution is -0.147. The minimum atomic E-state index is -0.470. The van der Waals surface area contributed by atoms with E-state index in [4.69, 9.17) is 0 Å². The molecule has 1 aromatic heterocycles. The van der Waals surface area contributed by atoms with Crippen molar-refractivity contribution >= 4 is 5.91 Å². The van der Waals surface area contributed by atoms with Crippen molar-refractivity contribution in [1.82, 2.24) is 20.0 Å². The van der Waals surface area contributed by atoms with E-state index < -0.39 is 5.54 Å². The standard InChI is InChI=1S/C19H30N4O/c24-17(19(9-12-20-13-10-19)23-15-5-11-21-23)22-14-4-8-18(16-22)6-2-1-3-7-18/h5,11,15,20H,1-4,6-10,12-14,16H2. The molecule has 3 aliphatic rings. The second kappa shape index (κ2) is 6.51. The van der Waals surface area contributed by atoms with E-state index in [0.29, 0.717) is 11.3 Å². The highest BCUT2D eigenvalue weighted by Gasteiger charge is 2.47. The van der Waals surface area contributed by atoms with Crippen LogP contribution in [0.3, 0.4) is 0 Å². The molecular formula is C19H30N4O. The first kappa shape index (κ1) is 16.1. The molecular weight excluding hydrogens is 300 g/mol. The van der Waals surface area contributed by atoms with E-state index in [-0.39, 0.29) is 0 Å². The number of piperidine rings is 2. The smallest absolute Gasteiger partial charge is 0.250 e. The molecule has 1 aliphatic carbocycles. The number of hydrogen-bond donors (Lipinski definition) is 1. The Kier molecular flexibility index (Phi) is 4.37. The number of carbonyl (C=O) groups is 1. The maximum absolute atomic E-state index is 13.6. The molecule has 24 heavy (non-hydrogen) atoms. The highest BCUT2D eigenvalue weighted by molar-refractivity contribution is 5.85. The number of aromatic nitrogens is 2. The van der Waals surface area contributed by atoms with Gasteiger partial charge in [-0.05, 0) is 63.1 Å². The molecule has 0 aromatic carbocycles. The summed E-state index contributed by atoms with van der Waals surface area (Å²) in [6, 6.07) is 1.94. The lowest BCUT2D eigenvalue weighted by atomic mass is 9.69. The van der Waals surface area contributed by atoms with Crippen LogP contribution in [0.25, 0.3) is 0 Å².